The Labute approximate surface area is 206 Å². The molecule has 2 fully saturated rings. The number of ether oxygens (including phenoxy) is 2. The Balaban J connectivity index is 1.42. The van der Waals surface area contributed by atoms with E-state index < -0.39 is 61.0 Å². The van der Waals surface area contributed by atoms with E-state index in [4.69, 9.17) is 19.1 Å². The molecule has 0 spiro atoms. The number of halogens is 1. The van der Waals surface area contributed by atoms with Crippen LogP contribution in [0.25, 0.3) is 0 Å². The second kappa shape index (κ2) is 9.52. The summed E-state index contributed by atoms with van der Waals surface area (Å²) >= 11 is 0. The molecular weight excluding hydrogens is 441 g/mol. The van der Waals surface area contributed by atoms with Gasteiger partial charge in [0, 0.05) is 48.2 Å². The maximum absolute atomic E-state index is 15.1. The molecule has 2 aromatic rings. The summed E-state index contributed by atoms with van der Waals surface area (Å²) in [5.41, 5.74) is 0.0595. The number of hydrogen-bond acceptors (Lipinski definition) is 6. The Morgan fingerprint density at radius 1 is 1.24 bits per heavy atom. The zero-order valence-corrected chi connectivity index (χ0v) is 18.0. The van der Waals surface area contributed by atoms with E-state index in [1.807, 2.05) is 0 Å². The van der Waals surface area contributed by atoms with E-state index in [9.17, 15) is 14.4 Å². The summed E-state index contributed by atoms with van der Waals surface area (Å²) < 4.78 is 83.8. The van der Waals surface area contributed by atoms with Crippen LogP contribution in [0.4, 0.5) is 4.39 Å². The number of rotatable bonds is 6. The first-order chi connectivity index (χ1) is 19.1. The first-order valence-electron chi connectivity index (χ1n) is 14.2. The molecule has 2 saturated heterocycles. The molecule has 0 saturated carbocycles. The smallest absolute Gasteiger partial charge is 0.255 e. The summed E-state index contributed by atoms with van der Waals surface area (Å²) in [5, 5.41) is 1.63. The highest BCUT2D eigenvalue weighted by molar-refractivity contribution is 6.05. The van der Waals surface area contributed by atoms with Crippen LogP contribution >= 0.6 is 0 Å². The summed E-state index contributed by atoms with van der Waals surface area (Å²) in [7, 11) is 0. The molecule has 0 radical (unpaired) electrons. The molecular formula is C25H26FN3O5. The standard InChI is InChI=1S/C25H26FN3O5/c26-20-12-16(13-28-8-10-33-11-9-28)4-5-17(20)15-34-22-3-1-2-18-19(22)14-29(25(18)32)21-6-7-23(30)27-24(21)31/h1-5,12,21H,6-11,13-15H2,(H,27,30,31)/t21-/m1/s1/i6D2,7D2,15D2,21D. The van der Waals surface area contributed by atoms with Crippen LogP contribution in [0, 0.1) is 5.82 Å². The summed E-state index contributed by atoms with van der Waals surface area (Å²) in [5.74, 6) is -5.20. The van der Waals surface area contributed by atoms with Gasteiger partial charge in [0.2, 0.25) is 11.8 Å². The van der Waals surface area contributed by atoms with E-state index in [0.29, 0.717) is 43.3 Å². The van der Waals surface area contributed by atoms with Crippen LogP contribution in [0.15, 0.2) is 36.4 Å². The Bertz CT molecular complexity index is 1440. The third-order valence-electron chi connectivity index (χ3n) is 5.75. The Kier molecular flexibility index (Phi) is 4.36. The number of nitrogens with one attached hydrogen (secondary N) is 1. The molecule has 2 aromatic carbocycles. The number of piperidine rings is 1. The van der Waals surface area contributed by atoms with Crippen molar-refractivity contribution in [2.75, 3.05) is 26.3 Å². The number of carbonyl (C=O) groups is 3. The molecule has 3 aliphatic rings. The zero-order valence-electron chi connectivity index (χ0n) is 25.0. The van der Waals surface area contributed by atoms with Gasteiger partial charge in [-0.3, -0.25) is 24.6 Å². The molecule has 5 rings (SSSR count). The fraction of sp³-hybridized carbons (Fsp3) is 0.400. The zero-order chi connectivity index (χ0) is 30.0. The number of imide groups is 1. The van der Waals surface area contributed by atoms with E-state index in [1.165, 1.54) is 30.3 Å². The van der Waals surface area contributed by atoms with Crippen LogP contribution in [-0.2, 0) is 34.0 Å². The molecule has 34 heavy (non-hydrogen) atoms. The minimum Gasteiger partial charge on any atom is -0.488 e. The monoisotopic (exact) mass is 474 g/mol. The lowest BCUT2D eigenvalue weighted by atomic mass is 10.0. The van der Waals surface area contributed by atoms with Crippen molar-refractivity contribution < 1.29 is 37.8 Å². The van der Waals surface area contributed by atoms with Crippen molar-refractivity contribution in [3.05, 3.63) is 64.5 Å². The summed E-state index contributed by atoms with van der Waals surface area (Å²) in [6.07, 6.45) is -6.79. The van der Waals surface area contributed by atoms with Gasteiger partial charge < -0.3 is 14.4 Å². The van der Waals surface area contributed by atoms with Crippen molar-refractivity contribution in [1.82, 2.24) is 15.1 Å². The molecule has 3 amide bonds. The molecule has 9 heteroatoms. The van der Waals surface area contributed by atoms with Crippen LogP contribution in [0.1, 0.15) is 49.4 Å². The number of hydrogen-bond donors (Lipinski definition) is 1. The fourth-order valence-corrected chi connectivity index (χ4v) is 4.00. The highest BCUT2D eigenvalue weighted by Crippen LogP contribution is 2.34. The van der Waals surface area contributed by atoms with E-state index in [0.717, 1.165) is 0 Å². The van der Waals surface area contributed by atoms with Gasteiger partial charge in [0.25, 0.3) is 5.91 Å². The minimum atomic E-state index is -3.46. The number of fused-ring (bicyclic) bond motifs is 1. The predicted molar refractivity (Wildman–Crippen MR) is 119 cm³/mol. The van der Waals surface area contributed by atoms with Crippen LogP contribution in [0.2, 0.25) is 0 Å². The molecule has 0 aliphatic carbocycles. The van der Waals surface area contributed by atoms with E-state index >= 15 is 4.39 Å². The topological polar surface area (TPSA) is 88.2 Å². The van der Waals surface area contributed by atoms with Crippen molar-refractivity contribution >= 4 is 17.7 Å². The lowest BCUT2D eigenvalue weighted by molar-refractivity contribution is -0.136. The number of morpholine rings is 1. The molecule has 0 unspecified atom stereocenters. The largest absolute Gasteiger partial charge is 0.488 e. The van der Waals surface area contributed by atoms with E-state index in [1.54, 1.807) is 11.4 Å². The van der Waals surface area contributed by atoms with Gasteiger partial charge in [-0.2, -0.15) is 0 Å². The van der Waals surface area contributed by atoms with Gasteiger partial charge >= 0.3 is 0 Å². The average molecular weight is 475 g/mol. The van der Waals surface area contributed by atoms with Gasteiger partial charge in [0.05, 0.1) is 23.9 Å². The summed E-state index contributed by atoms with van der Waals surface area (Å²) in [4.78, 5) is 40.6. The number of amides is 3. The first-order valence-corrected chi connectivity index (χ1v) is 10.7. The van der Waals surface area contributed by atoms with Crippen LogP contribution < -0.4 is 10.1 Å². The minimum absolute atomic E-state index is 0.0154. The molecule has 0 aromatic heterocycles. The number of nitrogens with zero attached hydrogens (tertiary/aromatic N) is 2. The second-order valence-electron chi connectivity index (χ2n) is 7.96. The van der Waals surface area contributed by atoms with Crippen molar-refractivity contribution in [3.63, 3.8) is 0 Å². The molecule has 8 nitrogen and oxygen atoms in total. The van der Waals surface area contributed by atoms with Crippen molar-refractivity contribution in [2.24, 2.45) is 0 Å². The highest BCUT2D eigenvalue weighted by atomic mass is 19.1. The quantitative estimate of drug-likeness (QED) is 0.645. The Morgan fingerprint density at radius 3 is 2.85 bits per heavy atom. The molecule has 1 atom stereocenters. The Morgan fingerprint density at radius 2 is 2.06 bits per heavy atom. The first kappa shape index (κ1) is 15.6. The second-order valence-corrected chi connectivity index (χ2v) is 7.96. The average Bonchev–Trinajstić information content (AvgIpc) is 3.25. The van der Waals surface area contributed by atoms with Gasteiger partial charge in [-0.1, -0.05) is 18.2 Å². The summed E-state index contributed by atoms with van der Waals surface area (Å²) in [6, 6.07) is 4.80. The van der Waals surface area contributed by atoms with Crippen LogP contribution in [0.5, 0.6) is 5.75 Å². The van der Waals surface area contributed by atoms with E-state index in [-0.39, 0.29) is 16.9 Å². The third kappa shape index (κ3) is 4.53. The molecule has 178 valence electrons. The maximum atomic E-state index is 15.1. The van der Waals surface area contributed by atoms with E-state index in [2.05, 4.69) is 4.90 Å². The molecule has 1 N–H and O–H groups in total. The predicted octanol–water partition coefficient (Wildman–Crippen LogP) is 2.00. The lowest BCUT2D eigenvalue weighted by Gasteiger charge is -2.29. The third-order valence-corrected chi connectivity index (χ3v) is 5.75. The van der Waals surface area contributed by atoms with Gasteiger partial charge in [0.15, 0.2) is 0 Å². The number of carbonyl (C=O) groups excluding carboxylic acids is 3. The van der Waals surface area contributed by atoms with Crippen molar-refractivity contribution in [2.45, 2.75) is 38.4 Å². The summed E-state index contributed by atoms with van der Waals surface area (Å²) in [6.45, 7) is -0.402. The van der Waals surface area contributed by atoms with Crippen LogP contribution in [0.3, 0.4) is 0 Å². The normalized spacial score (nSPS) is 29.5. The highest BCUT2D eigenvalue weighted by Gasteiger charge is 2.40. The van der Waals surface area contributed by atoms with Gasteiger partial charge in [-0.05, 0) is 30.1 Å². The van der Waals surface area contributed by atoms with Gasteiger partial charge in [-0.25, -0.2) is 4.39 Å². The Hall–Kier alpha value is -3.30. The molecule has 0 bridgehead atoms. The van der Waals surface area contributed by atoms with Crippen molar-refractivity contribution in [1.29, 1.82) is 0 Å². The van der Waals surface area contributed by atoms with Crippen LogP contribution in [-0.4, -0.2) is 59.8 Å². The molecule has 3 heterocycles. The maximum Gasteiger partial charge on any atom is 0.255 e. The fourth-order valence-electron chi connectivity index (χ4n) is 4.00. The molecule has 3 aliphatic heterocycles. The SMILES string of the molecule is [2H]C([2H])(Oc1cccc2c1CN([C@@]1([2H])C(=O)NC(=O)C([2H])([2H])C1([2H])[2H])C2=O)c1ccc(CN2CCOCC2)cc1F. The number of benzene rings is 2. The van der Waals surface area contributed by atoms with Crippen molar-refractivity contribution in [3.8, 4) is 5.75 Å². The lowest BCUT2D eigenvalue weighted by Crippen LogP contribution is -2.52. The van der Waals surface area contributed by atoms with Gasteiger partial charge in [-0.15, -0.1) is 0 Å². The van der Waals surface area contributed by atoms with Gasteiger partial charge in [0.1, 0.15) is 24.1 Å².